The highest BCUT2D eigenvalue weighted by molar-refractivity contribution is 6.13. The molecule has 0 spiro atoms. The number of hydrogen-bond acceptors (Lipinski definition) is 5. The van der Waals surface area contributed by atoms with Gasteiger partial charge in [0.25, 0.3) is 5.91 Å². The second-order valence-electron chi connectivity index (χ2n) is 6.65. The number of rotatable bonds is 5. The summed E-state index contributed by atoms with van der Waals surface area (Å²) in [6, 6.07) is 16.5. The average Bonchev–Trinajstić information content (AvgIpc) is 3.23. The molecule has 1 atom stereocenters. The number of aromatic amines is 1. The van der Waals surface area contributed by atoms with Crippen LogP contribution in [-0.2, 0) is 0 Å². The van der Waals surface area contributed by atoms with Crippen molar-refractivity contribution < 1.29 is 9.53 Å². The number of methoxy groups -OCH3 is 1. The van der Waals surface area contributed by atoms with Crippen LogP contribution in [0.3, 0.4) is 0 Å². The molecule has 0 saturated carbocycles. The molecule has 1 amide bonds. The molecule has 0 aliphatic carbocycles. The van der Waals surface area contributed by atoms with Crippen LogP contribution in [-0.4, -0.2) is 28.0 Å². The number of ether oxygens (including phenoxy) is 1. The molecule has 2 aromatic heterocycles. The molecule has 29 heavy (non-hydrogen) atoms. The van der Waals surface area contributed by atoms with Crippen LogP contribution in [0.15, 0.2) is 67.0 Å². The molecule has 0 saturated heterocycles. The number of nitrogens with zero attached hydrogens (tertiary/aromatic N) is 3. The van der Waals surface area contributed by atoms with Crippen molar-refractivity contribution in [2.75, 3.05) is 17.7 Å². The summed E-state index contributed by atoms with van der Waals surface area (Å²) in [6.07, 6.45) is 3.37. The monoisotopic (exact) mass is 387 g/mol. The van der Waals surface area contributed by atoms with Gasteiger partial charge in [-0.2, -0.15) is 4.98 Å². The van der Waals surface area contributed by atoms with Crippen LogP contribution < -0.4 is 15.4 Å². The Morgan fingerprint density at radius 2 is 2.00 bits per heavy atom. The number of H-pyrrole nitrogens is 1. The number of amides is 1. The molecule has 3 N–H and O–H groups in total. The number of benzene rings is 2. The summed E-state index contributed by atoms with van der Waals surface area (Å²) < 4.78 is 5.35. The van der Waals surface area contributed by atoms with Gasteiger partial charge < -0.3 is 15.5 Å². The van der Waals surface area contributed by atoms with E-state index >= 15 is 0 Å². The highest BCUT2D eigenvalue weighted by Crippen LogP contribution is 2.31. The highest BCUT2D eigenvalue weighted by Gasteiger charge is 2.27. The summed E-state index contributed by atoms with van der Waals surface area (Å²) in [6.45, 7) is 1.95. The van der Waals surface area contributed by atoms with Crippen LogP contribution in [0.5, 0.6) is 5.75 Å². The summed E-state index contributed by atoms with van der Waals surface area (Å²) in [5.41, 5.74) is 8.20. The summed E-state index contributed by atoms with van der Waals surface area (Å²) in [4.78, 5) is 26.8. The minimum absolute atomic E-state index is 0.109. The smallest absolute Gasteiger partial charge is 0.260 e. The van der Waals surface area contributed by atoms with Crippen LogP contribution in [0.4, 0.5) is 11.8 Å². The lowest BCUT2D eigenvalue weighted by Gasteiger charge is -2.29. The van der Waals surface area contributed by atoms with Crippen LogP contribution >= 0.6 is 0 Å². The topological polar surface area (TPSA) is 97.1 Å². The van der Waals surface area contributed by atoms with E-state index in [1.54, 1.807) is 24.3 Å². The highest BCUT2D eigenvalue weighted by atomic mass is 16.5. The lowest BCUT2D eigenvalue weighted by molar-refractivity contribution is 0.0979. The molecule has 7 nitrogen and oxygen atoms in total. The van der Waals surface area contributed by atoms with Gasteiger partial charge in [0, 0.05) is 28.9 Å². The van der Waals surface area contributed by atoms with E-state index in [-0.39, 0.29) is 17.9 Å². The molecule has 2 heterocycles. The molecule has 0 radical (unpaired) electrons. The molecule has 0 aliphatic rings. The Kier molecular flexibility index (Phi) is 4.87. The average molecular weight is 387 g/mol. The fourth-order valence-corrected chi connectivity index (χ4v) is 3.43. The van der Waals surface area contributed by atoms with E-state index in [1.807, 2.05) is 61.7 Å². The largest absolute Gasteiger partial charge is 0.497 e. The van der Waals surface area contributed by atoms with Crippen molar-refractivity contribution in [3.8, 4) is 5.75 Å². The Morgan fingerprint density at radius 1 is 1.17 bits per heavy atom. The van der Waals surface area contributed by atoms with Gasteiger partial charge in [0.05, 0.1) is 13.2 Å². The van der Waals surface area contributed by atoms with Crippen LogP contribution in [0, 0.1) is 0 Å². The molecular weight excluding hydrogens is 366 g/mol. The maximum absolute atomic E-state index is 13.7. The second-order valence-corrected chi connectivity index (χ2v) is 6.65. The summed E-state index contributed by atoms with van der Waals surface area (Å²) in [7, 11) is 1.62. The Hall–Kier alpha value is -3.87. The van der Waals surface area contributed by atoms with Crippen molar-refractivity contribution in [2.45, 2.75) is 13.0 Å². The number of nitrogens with one attached hydrogen (secondary N) is 1. The van der Waals surface area contributed by atoms with E-state index in [0.717, 1.165) is 22.2 Å². The normalized spacial score (nSPS) is 11.9. The first kappa shape index (κ1) is 18.5. The first-order valence-corrected chi connectivity index (χ1v) is 9.20. The molecule has 7 heteroatoms. The standard InChI is InChI=1S/C22H21N5O2/c1-14(15-5-3-6-16(13-15)29-2)27(20-10-12-25-22(23)26-20)21(28)18-7-4-8-19-17(18)9-11-24-19/h3-14,24H,1-2H3,(H2,23,25,26)/t14-/m0/s1. The zero-order valence-corrected chi connectivity index (χ0v) is 16.2. The van der Waals surface area contributed by atoms with E-state index < -0.39 is 0 Å². The molecule has 2 aromatic carbocycles. The molecule has 0 bridgehead atoms. The van der Waals surface area contributed by atoms with Crippen molar-refractivity contribution in [1.82, 2.24) is 15.0 Å². The number of carbonyl (C=O) groups is 1. The maximum Gasteiger partial charge on any atom is 0.260 e. The molecule has 4 aromatic rings. The Labute approximate surface area is 168 Å². The van der Waals surface area contributed by atoms with Gasteiger partial charge >= 0.3 is 0 Å². The number of aromatic nitrogens is 3. The Bertz CT molecular complexity index is 1170. The van der Waals surface area contributed by atoms with Gasteiger partial charge in [0.15, 0.2) is 0 Å². The number of anilines is 2. The molecular formula is C22H21N5O2. The molecule has 146 valence electrons. The second kappa shape index (κ2) is 7.63. The van der Waals surface area contributed by atoms with Crippen LogP contribution in [0.25, 0.3) is 10.9 Å². The van der Waals surface area contributed by atoms with E-state index in [2.05, 4.69) is 15.0 Å². The summed E-state index contributed by atoms with van der Waals surface area (Å²) in [5.74, 6) is 1.09. The van der Waals surface area contributed by atoms with E-state index in [0.29, 0.717) is 11.4 Å². The van der Waals surface area contributed by atoms with Crippen LogP contribution in [0.1, 0.15) is 28.9 Å². The fraction of sp³-hybridized carbons (Fsp3) is 0.136. The summed E-state index contributed by atoms with van der Waals surface area (Å²) >= 11 is 0. The van der Waals surface area contributed by atoms with Crippen molar-refractivity contribution in [2.24, 2.45) is 0 Å². The van der Waals surface area contributed by atoms with Crippen molar-refractivity contribution in [3.05, 3.63) is 78.1 Å². The van der Waals surface area contributed by atoms with E-state index in [4.69, 9.17) is 10.5 Å². The third-order valence-electron chi connectivity index (χ3n) is 4.91. The third kappa shape index (κ3) is 3.50. The van der Waals surface area contributed by atoms with Crippen molar-refractivity contribution in [1.29, 1.82) is 0 Å². The Morgan fingerprint density at radius 3 is 2.79 bits per heavy atom. The SMILES string of the molecule is COc1cccc([C@H](C)N(C(=O)c2cccc3[nH]ccc23)c2ccnc(N)n2)c1. The van der Waals surface area contributed by atoms with E-state index in [9.17, 15) is 4.79 Å². The number of fused-ring (bicyclic) bond motifs is 1. The zero-order valence-electron chi connectivity index (χ0n) is 16.2. The van der Waals surface area contributed by atoms with Crippen molar-refractivity contribution >= 4 is 28.6 Å². The lowest BCUT2D eigenvalue weighted by atomic mass is 10.0. The minimum atomic E-state index is -0.318. The van der Waals surface area contributed by atoms with Gasteiger partial charge in [0.1, 0.15) is 11.6 Å². The molecule has 4 rings (SSSR count). The predicted octanol–water partition coefficient (Wildman–Crippen LogP) is 3.96. The molecule has 0 fully saturated rings. The van der Waals surface area contributed by atoms with Gasteiger partial charge in [-0.3, -0.25) is 9.69 Å². The summed E-state index contributed by atoms with van der Waals surface area (Å²) in [5, 5.41) is 0.849. The first-order chi connectivity index (χ1) is 14.1. The van der Waals surface area contributed by atoms with Crippen LogP contribution in [0.2, 0.25) is 0 Å². The zero-order chi connectivity index (χ0) is 20.4. The van der Waals surface area contributed by atoms with Gasteiger partial charge in [0.2, 0.25) is 5.95 Å². The maximum atomic E-state index is 13.7. The number of hydrogen-bond donors (Lipinski definition) is 2. The number of carbonyl (C=O) groups excluding carboxylic acids is 1. The fourth-order valence-electron chi connectivity index (χ4n) is 3.43. The van der Waals surface area contributed by atoms with Gasteiger partial charge in [-0.25, -0.2) is 4.98 Å². The third-order valence-corrected chi connectivity index (χ3v) is 4.91. The van der Waals surface area contributed by atoms with Gasteiger partial charge in [-0.1, -0.05) is 18.2 Å². The van der Waals surface area contributed by atoms with Gasteiger partial charge in [-0.15, -0.1) is 0 Å². The number of nitrogen functional groups attached to an aromatic ring is 1. The lowest BCUT2D eigenvalue weighted by Crippen LogP contribution is -2.34. The van der Waals surface area contributed by atoms with Gasteiger partial charge in [-0.05, 0) is 48.9 Å². The molecule has 0 unspecified atom stereocenters. The number of nitrogens with two attached hydrogens (primary N) is 1. The van der Waals surface area contributed by atoms with Crippen molar-refractivity contribution in [3.63, 3.8) is 0 Å². The minimum Gasteiger partial charge on any atom is -0.497 e. The Balaban J connectivity index is 1.84. The quantitative estimate of drug-likeness (QED) is 0.540. The predicted molar refractivity (Wildman–Crippen MR) is 113 cm³/mol. The first-order valence-electron chi connectivity index (χ1n) is 9.20. The molecule has 0 aliphatic heterocycles. The van der Waals surface area contributed by atoms with E-state index in [1.165, 1.54) is 0 Å².